The molecule has 2 heteroatoms. The number of hydrogen-bond donors (Lipinski definition) is 0. The van der Waals surface area contributed by atoms with E-state index < -0.39 is 0 Å². The molecule has 0 spiro atoms. The summed E-state index contributed by atoms with van der Waals surface area (Å²) in [6.07, 6.45) is 0. The van der Waals surface area contributed by atoms with E-state index in [9.17, 15) is 4.91 Å². The van der Waals surface area contributed by atoms with Crippen LogP contribution in [0, 0.1) is 16.7 Å². The highest BCUT2D eigenvalue weighted by Crippen LogP contribution is 2.14. The van der Waals surface area contributed by atoms with Crippen LogP contribution in [-0.4, -0.2) is 6.04 Å². The van der Waals surface area contributed by atoms with Gasteiger partial charge in [0, 0.05) is 0 Å². The zero-order valence-corrected chi connectivity index (χ0v) is 6.59. The van der Waals surface area contributed by atoms with Crippen LogP contribution in [0.3, 0.4) is 0 Å². The van der Waals surface area contributed by atoms with Crippen molar-refractivity contribution in [1.82, 2.24) is 0 Å². The second-order valence-corrected chi connectivity index (χ2v) is 3.08. The van der Waals surface area contributed by atoms with E-state index in [-0.39, 0.29) is 6.04 Å². The number of nitrogens with zero attached hydrogens (tertiary/aromatic N) is 1. The van der Waals surface area contributed by atoms with E-state index in [1.807, 2.05) is 27.7 Å². The normalized spacial score (nSPS) is 11.4. The molecule has 0 aromatic heterocycles. The summed E-state index contributed by atoms with van der Waals surface area (Å²) in [5.41, 5.74) is 0. The van der Waals surface area contributed by atoms with Crippen molar-refractivity contribution in [2.75, 3.05) is 0 Å². The highest BCUT2D eigenvalue weighted by atomic mass is 16.3. The van der Waals surface area contributed by atoms with Gasteiger partial charge in [-0.1, -0.05) is 32.9 Å². The lowest BCUT2D eigenvalue weighted by molar-refractivity contribution is 0.386. The molecule has 0 unspecified atom stereocenters. The molecule has 0 rings (SSSR count). The Kier molecular flexibility index (Phi) is 3.43. The Hall–Kier alpha value is -0.400. The van der Waals surface area contributed by atoms with Gasteiger partial charge in [0.25, 0.3) is 0 Å². The molecule has 0 saturated heterocycles. The van der Waals surface area contributed by atoms with Crippen LogP contribution < -0.4 is 0 Å². The van der Waals surface area contributed by atoms with E-state index in [0.29, 0.717) is 11.8 Å². The van der Waals surface area contributed by atoms with E-state index >= 15 is 0 Å². The van der Waals surface area contributed by atoms with Crippen molar-refractivity contribution in [3.8, 4) is 0 Å². The van der Waals surface area contributed by atoms with Crippen molar-refractivity contribution in [3.05, 3.63) is 4.91 Å². The maximum atomic E-state index is 10.1. The SMILES string of the molecule is CC(C)C(N=O)C(C)C. The molecule has 0 aliphatic heterocycles. The Balaban J connectivity index is 3.82. The van der Waals surface area contributed by atoms with Crippen LogP contribution in [0.2, 0.25) is 0 Å². The molecular formula is C7H15NO. The molecule has 0 bridgehead atoms. The van der Waals surface area contributed by atoms with Gasteiger partial charge in [-0.3, -0.25) is 0 Å². The van der Waals surface area contributed by atoms with Crippen molar-refractivity contribution in [2.24, 2.45) is 17.0 Å². The molecule has 0 amide bonds. The molecule has 54 valence electrons. The lowest BCUT2D eigenvalue weighted by Crippen LogP contribution is -2.18. The van der Waals surface area contributed by atoms with E-state index in [1.54, 1.807) is 0 Å². The third kappa shape index (κ3) is 2.59. The molecule has 0 atom stereocenters. The topological polar surface area (TPSA) is 29.4 Å². The van der Waals surface area contributed by atoms with E-state index in [4.69, 9.17) is 0 Å². The van der Waals surface area contributed by atoms with Gasteiger partial charge in [-0.05, 0) is 11.8 Å². The average molecular weight is 129 g/mol. The van der Waals surface area contributed by atoms with Crippen LogP contribution in [0.4, 0.5) is 0 Å². The van der Waals surface area contributed by atoms with Gasteiger partial charge in [0.2, 0.25) is 0 Å². The Morgan fingerprint density at radius 2 is 1.33 bits per heavy atom. The maximum absolute atomic E-state index is 10.1. The standard InChI is InChI=1S/C7H15NO/c1-5(2)7(8-9)6(3)4/h5-7H,1-4H3. The molecule has 0 N–H and O–H groups in total. The van der Waals surface area contributed by atoms with Crippen molar-refractivity contribution < 1.29 is 0 Å². The molecule has 0 aliphatic carbocycles. The highest BCUT2D eigenvalue weighted by Gasteiger charge is 2.16. The summed E-state index contributed by atoms with van der Waals surface area (Å²) < 4.78 is 0. The zero-order chi connectivity index (χ0) is 7.44. The van der Waals surface area contributed by atoms with Crippen LogP contribution in [0.5, 0.6) is 0 Å². The summed E-state index contributed by atoms with van der Waals surface area (Å²) in [4.78, 5) is 10.1. The molecule has 0 aromatic carbocycles. The second-order valence-electron chi connectivity index (χ2n) is 3.08. The largest absolute Gasteiger partial charge is 0.150 e. The maximum Gasteiger partial charge on any atom is 0.0965 e. The van der Waals surface area contributed by atoms with Crippen LogP contribution >= 0.6 is 0 Å². The predicted octanol–water partition coefficient (Wildman–Crippen LogP) is 2.43. The molecule has 2 nitrogen and oxygen atoms in total. The molecule has 9 heavy (non-hydrogen) atoms. The van der Waals surface area contributed by atoms with Gasteiger partial charge in [0.15, 0.2) is 0 Å². The van der Waals surface area contributed by atoms with Crippen molar-refractivity contribution in [2.45, 2.75) is 33.7 Å². The third-order valence-corrected chi connectivity index (χ3v) is 1.49. The molecule has 0 heterocycles. The second kappa shape index (κ2) is 3.59. The quantitative estimate of drug-likeness (QED) is 0.538. The molecule has 0 aromatic rings. The average Bonchev–Trinajstić information content (AvgIpc) is 1.64. The van der Waals surface area contributed by atoms with Gasteiger partial charge in [-0.25, -0.2) is 0 Å². The predicted molar refractivity (Wildman–Crippen MR) is 39.3 cm³/mol. The summed E-state index contributed by atoms with van der Waals surface area (Å²) in [6.45, 7) is 8.08. The monoisotopic (exact) mass is 129 g/mol. The lowest BCUT2D eigenvalue weighted by Gasteiger charge is -2.15. The first-order valence-electron chi connectivity index (χ1n) is 3.42. The minimum absolute atomic E-state index is 0.00926. The highest BCUT2D eigenvalue weighted by molar-refractivity contribution is 4.72. The Bertz CT molecular complexity index is 80.9. The summed E-state index contributed by atoms with van der Waals surface area (Å²) in [7, 11) is 0. The van der Waals surface area contributed by atoms with Gasteiger partial charge >= 0.3 is 0 Å². The lowest BCUT2D eigenvalue weighted by atomic mass is 9.94. The Labute approximate surface area is 56.6 Å². The first kappa shape index (κ1) is 8.60. The molecular weight excluding hydrogens is 114 g/mol. The van der Waals surface area contributed by atoms with E-state index in [0.717, 1.165) is 0 Å². The number of hydrogen-bond acceptors (Lipinski definition) is 2. The van der Waals surface area contributed by atoms with Crippen molar-refractivity contribution in [3.63, 3.8) is 0 Å². The number of nitroso groups, excluding NO2 is 1. The van der Waals surface area contributed by atoms with Crippen molar-refractivity contribution in [1.29, 1.82) is 0 Å². The van der Waals surface area contributed by atoms with Gasteiger partial charge in [-0.2, -0.15) is 4.91 Å². The summed E-state index contributed by atoms with van der Waals surface area (Å²) in [5.74, 6) is 0.755. The van der Waals surface area contributed by atoms with Crippen LogP contribution in [0.25, 0.3) is 0 Å². The fraction of sp³-hybridized carbons (Fsp3) is 1.00. The summed E-state index contributed by atoms with van der Waals surface area (Å²) in [6, 6.07) is -0.00926. The Morgan fingerprint density at radius 1 is 1.00 bits per heavy atom. The first-order chi connectivity index (χ1) is 4.09. The minimum Gasteiger partial charge on any atom is -0.150 e. The van der Waals surface area contributed by atoms with Gasteiger partial charge in [0.05, 0.1) is 6.04 Å². The fourth-order valence-corrected chi connectivity index (χ4v) is 1.01. The van der Waals surface area contributed by atoms with Crippen LogP contribution in [0.1, 0.15) is 27.7 Å². The smallest absolute Gasteiger partial charge is 0.0965 e. The fourth-order valence-electron chi connectivity index (χ4n) is 1.01. The van der Waals surface area contributed by atoms with Crippen LogP contribution in [0.15, 0.2) is 5.18 Å². The zero-order valence-electron chi connectivity index (χ0n) is 6.59. The number of rotatable bonds is 3. The Morgan fingerprint density at radius 3 is 1.33 bits per heavy atom. The summed E-state index contributed by atoms with van der Waals surface area (Å²) in [5, 5.41) is 3.04. The molecule has 0 saturated carbocycles. The molecule has 0 aliphatic rings. The van der Waals surface area contributed by atoms with E-state index in [2.05, 4.69) is 5.18 Å². The molecule has 0 fully saturated rings. The molecule has 0 radical (unpaired) electrons. The van der Waals surface area contributed by atoms with Crippen molar-refractivity contribution >= 4 is 0 Å². The minimum atomic E-state index is -0.00926. The summed E-state index contributed by atoms with van der Waals surface area (Å²) >= 11 is 0. The first-order valence-corrected chi connectivity index (χ1v) is 3.42. The van der Waals surface area contributed by atoms with E-state index in [1.165, 1.54) is 0 Å². The van der Waals surface area contributed by atoms with Crippen LogP contribution in [-0.2, 0) is 0 Å². The van der Waals surface area contributed by atoms with Gasteiger partial charge < -0.3 is 0 Å². The third-order valence-electron chi connectivity index (χ3n) is 1.49. The van der Waals surface area contributed by atoms with Gasteiger partial charge in [-0.15, -0.1) is 0 Å². The van der Waals surface area contributed by atoms with Gasteiger partial charge in [0.1, 0.15) is 0 Å².